The highest BCUT2D eigenvalue weighted by Gasteiger charge is 2.26. The van der Waals surface area contributed by atoms with Gasteiger partial charge in [-0.05, 0) is 70.0 Å². The summed E-state index contributed by atoms with van der Waals surface area (Å²) < 4.78 is 11.4. The zero-order valence-electron chi connectivity index (χ0n) is 17.4. The molecule has 0 fully saturated rings. The Morgan fingerprint density at radius 2 is 1.57 bits per heavy atom. The third kappa shape index (κ3) is 5.02. The van der Waals surface area contributed by atoms with E-state index in [-0.39, 0.29) is 11.7 Å². The van der Waals surface area contributed by atoms with Gasteiger partial charge in [-0.15, -0.1) is 0 Å². The molecule has 0 aromatic heterocycles. The zero-order chi connectivity index (χ0) is 20.1. The minimum Gasteiger partial charge on any atom is -0.490 e. The molecule has 0 amide bonds. The van der Waals surface area contributed by atoms with E-state index in [1.807, 2.05) is 71.0 Å². The second-order valence-corrected chi connectivity index (χ2v) is 8.06. The van der Waals surface area contributed by atoms with Crippen molar-refractivity contribution in [2.75, 3.05) is 13.2 Å². The van der Waals surface area contributed by atoms with Gasteiger partial charge in [-0.1, -0.05) is 35.5 Å². The standard InChI is InChI=1S/C24H29NO3/c1-17(2)26-14-8-9-15-27-18-12-13-20-19-10-6-7-11-21(19)23(22(20)16-18)25-28-24(3,4)5/h6-13,16-17H,14-15H2,1-5H3/b9-8-,25-23+. The Morgan fingerprint density at radius 3 is 2.29 bits per heavy atom. The highest BCUT2D eigenvalue weighted by molar-refractivity contribution is 6.24. The van der Waals surface area contributed by atoms with E-state index in [2.05, 4.69) is 23.4 Å². The fourth-order valence-electron chi connectivity index (χ4n) is 2.92. The van der Waals surface area contributed by atoms with E-state index in [1.54, 1.807) is 0 Å². The maximum Gasteiger partial charge on any atom is 0.129 e. The molecule has 148 valence electrons. The van der Waals surface area contributed by atoms with Gasteiger partial charge in [0.1, 0.15) is 23.7 Å². The van der Waals surface area contributed by atoms with Crippen LogP contribution in [0.1, 0.15) is 45.7 Å². The van der Waals surface area contributed by atoms with E-state index in [0.717, 1.165) is 28.2 Å². The maximum absolute atomic E-state index is 5.89. The number of benzene rings is 2. The molecule has 0 heterocycles. The van der Waals surface area contributed by atoms with E-state index in [0.29, 0.717) is 13.2 Å². The normalized spacial score (nSPS) is 14.6. The van der Waals surface area contributed by atoms with Gasteiger partial charge >= 0.3 is 0 Å². The predicted molar refractivity (Wildman–Crippen MR) is 114 cm³/mol. The van der Waals surface area contributed by atoms with Gasteiger partial charge in [0.05, 0.1) is 12.7 Å². The molecule has 0 atom stereocenters. The number of nitrogens with zero attached hydrogens (tertiary/aromatic N) is 1. The molecule has 0 radical (unpaired) electrons. The molecule has 0 saturated heterocycles. The molecule has 1 aliphatic rings. The van der Waals surface area contributed by atoms with Crippen LogP contribution < -0.4 is 4.74 Å². The van der Waals surface area contributed by atoms with Crippen molar-refractivity contribution in [2.24, 2.45) is 5.16 Å². The van der Waals surface area contributed by atoms with E-state index in [9.17, 15) is 0 Å². The van der Waals surface area contributed by atoms with Crippen LogP contribution in [0.2, 0.25) is 0 Å². The fourth-order valence-corrected chi connectivity index (χ4v) is 2.92. The van der Waals surface area contributed by atoms with E-state index >= 15 is 0 Å². The molecule has 1 aliphatic carbocycles. The minimum absolute atomic E-state index is 0.233. The molecule has 3 rings (SSSR count). The fraction of sp³-hybridized carbons (Fsp3) is 0.375. The smallest absolute Gasteiger partial charge is 0.129 e. The monoisotopic (exact) mass is 379 g/mol. The molecular formula is C24H29NO3. The van der Waals surface area contributed by atoms with Crippen molar-refractivity contribution in [3.63, 3.8) is 0 Å². The van der Waals surface area contributed by atoms with Crippen LogP contribution in [0.4, 0.5) is 0 Å². The first-order valence-corrected chi connectivity index (χ1v) is 9.75. The van der Waals surface area contributed by atoms with Gasteiger partial charge in [0.2, 0.25) is 0 Å². The molecule has 0 N–H and O–H groups in total. The highest BCUT2D eigenvalue weighted by Crippen LogP contribution is 2.39. The van der Waals surface area contributed by atoms with Gasteiger partial charge in [-0.2, -0.15) is 0 Å². The van der Waals surface area contributed by atoms with Gasteiger partial charge in [0.25, 0.3) is 0 Å². The molecule has 0 saturated carbocycles. The summed E-state index contributed by atoms with van der Waals surface area (Å²) in [4.78, 5) is 5.73. The first kappa shape index (κ1) is 20.2. The van der Waals surface area contributed by atoms with Gasteiger partial charge < -0.3 is 14.3 Å². The molecule has 0 unspecified atom stereocenters. The summed E-state index contributed by atoms with van der Waals surface area (Å²) in [5, 5.41) is 4.49. The van der Waals surface area contributed by atoms with Crippen LogP contribution in [0.15, 0.2) is 59.8 Å². The Bertz CT molecular complexity index is 876. The third-order valence-electron chi connectivity index (χ3n) is 4.17. The highest BCUT2D eigenvalue weighted by atomic mass is 16.6. The lowest BCUT2D eigenvalue weighted by atomic mass is 10.1. The Balaban J connectivity index is 1.79. The van der Waals surface area contributed by atoms with Crippen molar-refractivity contribution in [2.45, 2.75) is 46.3 Å². The summed E-state index contributed by atoms with van der Waals surface area (Å²) in [5.41, 5.74) is 4.96. The van der Waals surface area contributed by atoms with Crippen molar-refractivity contribution in [1.29, 1.82) is 0 Å². The predicted octanol–water partition coefficient (Wildman–Crippen LogP) is 5.59. The number of rotatable bonds is 7. The van der Waals surface area contributed by atoms with Crippen LogP contribution in [0.3, 0.4) is 0 Å². The lowest BCUT2D eigenvalue weighted by molar-refractivity contribution is 0.00121. The molecule has 2 aromatic carbocycles. The molecular weight excluding hydrogens is 350 g/mol. The van der Waals surface area contributed by atoms with Crippen molar-refractivity contribution in [3.8, 4) is 16.9 Å². The maximum atomic E-state index is 5.89. The van der Waals surface area contributed by atoms with Crippen LogP contribution in [0, 0.1) is 0 Å². The molecule has 0 spiro atoms. The summed E-state index contributed by atoms with van der Waals surface area (Å²) >= 11 is 0. The van der Waals surface area contributed by atoms with Crippen molar-refractivity contribution in [1.82, 2.24) is 0 Å². The summed E-state index contributed by atoms with van der Waals surface area (Å²) in [6.07, 6.45) is 4.19. The van der Waals surface area contributed by atoms with Gasteiger partial charge in [-0.25, -0.2) is 0 Å². The summed E-state index contributed by atoms with van der Waals surface area (Å²) in [6.45, 7) is 11.1. The quantitative estimate of drug-likeness (QED) is 0.396. The Kier molecular flexibility index (Phi) is 6.20. The number of hydrogen-bond donors (Lipinski definition) is 0. The second-order valence-electron chi connectivity index (χ2n) is 8.06. The summed E-state index contributed by atoms with van der Waals surface area (Å²) in [5.74, 6) is 0.810. The van der Waals surface area contributed by atoms with Crippen molar-refractivity contribution >= 4 is 5.71 Å². The van der Waals surface area contributed by atoms with E-state index in [4.69, 9.17) is 14.3 Å². The SMILES string of the molecule is CC(C)OC/C=C\COc1ccc2c(c1)/C(=N/OC(C)(C)C)c1ccccc1-2. The van der Waals surface area contributed by atoms with Crippen molar-refractivity contribution < 1.29 is 14.3 Å². The molecule has 4 nitrogen and oxygen atoms in total. The first-order valence-electron chi connectivity index (χ1n) is 9.75. The molecule has 0 aliphatic heterocycles. The number of ether oxygens (including phenoxy) is 2. The Morgan fingerprint density at radius 1 is 0.893 bits per heavy atom. The van der Waals surface area contributed by atoms with Gasteiger partial charge in [0, 0.05) is 11.1 Å². The average Bonchev–Trinajstić information content (AvgIpc) is 2.95. The molecule has 4 heteroatoms. The average molecular weight is 380 g/mol. The van der Waals surface area contributed by atoms with E-state index in [1.165, 1.54) is 5.56 Å². The van der Waals surface area contributed by atoms with Crippen LogP contribution in [0.25, 0.3) is 11.1 Å². The summed E-state index contributed by atoms with van der Waals surface area (Å²) in [7, 11) is 0. The van der Waals surface area contributed by atoms with Crippen LogP contribution in [-0.4, -0.2) is 30.6 Å². The third-order valence-corrected chi connectivity index (χ3v) is 4.17. The number of hydrogen-bond acceptors (Lipinski definition) is 4. The lowest BCUT2D eigenvalue weighted by Gasteiger charge is -2.16. The Hall–Kier alpha value is -2.59. The van der Waals surface area contributed by atoms with Crippen LogP contribution in [0.5, 0.6) is 5.75 Å². The number of fused-ring (bicyclic) bond motifs is 3. The van der Waals surface area contributed by atoms with Gasteiger partial charge in [0.15, 0.2) is 0 Å². The Labute approximate surface area is 167 Å². The number of oxime groups is 1. The largest absolute Gasteiger partial charge is 0.490 e. The molecule has 0 bridgehead atoms. The molecule has 28 heavy (non-hydrogen) atoms. The van der Waals surface area contributed by atoms with Crippen LogP contribution in [-0.2, 0) is 9.57 Å². The van der Waals surface area contributed by atoms with Gasteiger partial charge in [-0.3, -0.25) is 0 Å². The first-order chi connectivity index (χ1) is 13.3. The van der Waals surface area contributed by atoms with E-state index < -0.39 is 0 Å². The second kappa shape index (κ2) is 8.61. The summed E-state index contributed by atoms with van der Waals surface area (Å²) in [6, 6.07) is 14.4. The lowest BCUT2D eigenvalue weighted by Crippen LogP contribution is -2.17. The van der Waals surface area contributed by atoms with Crippen molar-refractivity contribution in [3.05, 3.63) is 65.7 Å². The van der Waals surface area contributed by atoms with Crippen LogP contribution >= 0.6 is 0 Å². The minimum atomic E-state index is -0.346. The molecule has 2 aromatic rings. The topological polar surface area (TPSA) is 40.0 Å². The zero-order valence-corrected chi connectivity index (χ0v) is 17.4.